The van der Waals surface area contributed by atoms with E-state index in [1.165, 1.54) is 11.0 Å². The average Bonchev–Trinajstić information content (AvgIpc) is 2.71. The maximum Gasteiger partial charge on any atom is 0.246 e. The van der Waals surface area contributed by atoms with Gasteiger partial charge < -0.3 is 14.4 Å². The molecule has 0 saturated heterocycles. The number of thioether (sulfide) groups is 1. The Morgan fingerprint density at radius 1 is 1.24 bits per heavy atom. The minimum absolute atomic E-state index is 0.0887. The molecule has 29 heavy (non-hydrogen) atoms. The molecule has 4 nitrogen and oxygen atoms in total. The second-order valence-corrected chi connectivity index (χ2v) is 8.40. The van der Waals surface area contributed by atoms with Crippen LogP contribution in [0.5, 0.6) is 11.5 Å². The summed E-state index contributed by atoms with van der Waals surface area (Å²) < 4.78 is 11.2. The lowest BCUT2D eigenvalue weighted by Crippen LogP contribution is -2.24. The minimum Gasteiger partial charge on any atom is -0.493 e. The highest BCUT2D eigenvalue weighted by atomic mass is 35.5. The number of carbonyl (C=O) groups excluding carboxylic acids is 1. The summed E-state index contributed by atoms with van der Waals surface area (Å²) in [5, 5.41) is 0.458. The Labute approximate surface area is 182 Å². The number of hydrogen-bond acceptors (Lipinski definition) is 4. The van der Waals surface area contributed by atoms with E-state index in [0.29, 0.717) is 35.6 Å². The molecule has 0 N–H and O–H groups in total. The number of rotatable bonds is 9. The average molecular weight is 434 g/mol. The summed E-state index contributed by atoms with van der Waals surface area (Å²) in [4.78, 5) is 15.3. The lowest BCUT2D eigenvalue weighted by atomic mass is 10.1. The highest BCUT2D eigenvalue weighted by molar-refractivity contribution is 7.98. The van der Waals surface area contributed by atoms with Gasteiger partial charge in [-0.05, 0) is 53.6 Å². The van der Waals surface area contributed by atoms with E-state index >= 15 is 0 Å². The largest absolute Gasteiger partial charge is 0.493 e. The van der Waals surface area contributed by atoms with Crippen LogP contribution in [0.1, 0.15) is 25.0 Å². The normalized spacial score (nSPS) is 11.1. The van der Waals surface area contributed by atoms with Crippen LogP contribution < -0.4 is 9.47 Å². The van der Waals surface area contributed by atoms with Gasteiger partial charge in [0, 0.05) is 24.6 Å². The number of methoxy groups -OCH3 is 1. The van der Waals surface area contributed by atoms with Crippen molar-refractivity contribution in [3.8, 4) is 11.5 Å². The van der Waals surface area contributed by atoms with E-state index in [9.17, 15) is 4.79 Å². The smallest absolute Gasteiger partial charge is 0.246 e. The summed E-state index contributed by atoms with van der Waals surface area (Å²) >= 11 is 8.07. The van der Waals surface area contributed by atoms with Crippen molar-refractivity contribution >= 4 is 35.3 Å². The molecule has 1 amide bonds. The standard InChI is InChI=1S/C23H28ClNO3S/c1-16(2)15-28-23-20(24)12-18(13-21(23)27-4)8-11-22(26)25(3)14-17-6-9-19(29-5)10-7-17/h6-13,16H,14-15H2,1-5H3/b11-8+. The van der Waals surface area contributed by atoms with Crippen molar-refractivity contribution in [3.63, 3.8) is 0 Å². The fourth-order valence-electron chi connectivity index (χ4n) is 2.60. The number of carbonyl (C=O) groups is 1. The number of benzene rings is 2. The number of ether oxygens (including phenoxy) is 2. The third-order valence-electron chi connectivity index (χ3n) is 4.19. The van der Waals surface area contributed by atoms with E-state index in [0.717, 1.165) is 11.1 Å². The Morgan fingerprint density at radius 3 is 2.52 bits per heavy atom. The van der Waals surface area contributed by atoms with Crippen molar-refractivity contribution in [1.29, 1.82) is 0 Å². The molecule has 2 aromatic carbocycles. The Morgan fingerprint density at radius 2 is 1.93 bits per heavy atom. The lowest BCUT2D eigenvalue weighted by Gasteiger charge is -2.16. The Kier molecular flexibility index (Phi) is 8.93. The van der Waals surface area contributed by atoms with Crippen molar-refractivity contribution < 1.29 is 14.3 Å². The van der Waals surface area contributed by atoms with Crippen LogP contribution in [-0.2, 0) is 11.3 Å². The van der Waals surface area contributed by atoms with Gasteiger partial charge in [-0.15, -0.1) is 11.8 Å². The summed E-state index contributed by atoms with van der Waals surface area (Å²) in [6, 6.07) is 11.8. The van der Waals surface area contributed by atoms with Crippen LogP contribution >= 0.6 is 23.4 Å². The van der Waals surface area contributed by atoms with E-state index in [4.69, 9.17) is 21.1 Å². The second-order valence-electron chi connectivity index (χ2n) is 7.11. The molecule has 6 heteroatoms. The summed E-state index contributed by atoms with van der Waals surface area (Å²) in [5.41, 5.74) is 1.86. The SMILES string of the molecule is COc1cc(/C=C/C(=O)N(C)Cc2ccc(SC)cc2)cc(Cl)c1OCC(C)C. The predicted octanol–water partition coefficient (Wildman–Crippen LogP) is 5.78. The zero-order chi connectivity index (χ0) is 21.4. The monoisotopic (exact) mass is 433 g/mol. The molecule has 0 aliphatic heterocycles. The molecule has 0 fully saturated rings. The summed E-state index contributed by atoms with van der Waals surface area (Å²) in [6.45, 7) is 5.23. The molecule has 0 aromatic heterocycles. The fraction of sp³-hybridized carbons (Fsp3) is 0.348. The van der Waals surface area contributed by atoms with Crippen molar-refractivity contribution in [2.45, 2.75) is 25.3 Å². The Bertz CT molecular complexity index is 850. The number of amides is 1. The molecule has 0 heterocycles. The number of halogens is 1. The zero-order valence-corrected chi connectivity index (χ0v) is 19.1. The highest BCUT2D eigenvalue weighted by Crippen LogP contribution is 2.37. The minimum atomic E-state index is -0.0887. The molecule has 0 radical (unpaired) electrons. The molecule has 0 unspecified atom stereocenters. The van der Waals surface area contributed by atoms with E-state index in [1.54, 1.807) is 43.0 Å². The molecule has 0 aliphatic rings. The van der Waals surface area contributed by atoms with Crippen LogP contribution in [0.4, 0.5) is 0 Å². The third-order valence-corrected chi connectivity index (χ3v) is 5.21. The van der Waals surface area contributed by atoms with Gasteiger partial charge in [0.25, 0.3) is 0 Å². The van der Waals surface area contributed by atoms with Gasteiger partial charge in [-0.2, -0.15) is 0 Å². The van der Waals surface area contributed by atoms with Crippen molar-refractivity contribution in [3.05, 3.63) is 58.6 Å². The first-order valence-corrected chi connectivity index (χ1v) is 11.0. The number of likely N-dealkylation sites (N-methyl/N-ethyl adjacent to an activating group) is 1. The van der Waals surface area contributed by atoms with Crippen LogP contribution in [0.25, 0.3) is 6.08 Å². The first-order valence-electron chi connectivity index (χ1n) is 9.40. The molecule has 0 spiro atoms. The van der Waals surface area contributed by atoms with Gasteiger partial charge in [0.05, 0.1) is 18.7 Å². The van der Waals surface area contributed by atoms with Crippen LogP contribution in [0, 0.1) is 5.92 Å². The Balaban J connectivity index is 2.06. The van der Waals surface area contributed by atoms with Gasteiger partial charge in [0.15, 0.2) is 11.5 Å². The summed E-state index contributed by atoms with van der Waals surface area (Å²) in [7, 11) is 3.36. The van der Waals surface area contributed by atoms with E-state index < -0.39 is 0 Å². The maximum atomic E-state index is 12.5. The van der Waals surface area contributed by atoms with Crippen LogP contribution in [0.2, 0.25) is 5.02 Å². The molecule has 0 saturated carbocycles. The van der Waals surface area contributed by atoms with E-state index in [-0.39, 0.29) is 5.91 Å². The van der Waals surface area contributed by atoms with Crippen molar-refractivity contribution in [2.24, 2.45) is 5.92 Å². The predicted molar refractivity (Wildman–Crippen MR) is 122 cm³/mol. The molecular weight excluding hydrogens is 406 g/mol. The molecule has 0 atom stereocenters. The zero-order valence-electron chi connectivity index (χ0n) is 17.6. The van der Waals surface area contributed by atoms with Crippen molar-refractivity contribution in [2.75, 3.05) is 27.0 Å². The van der Waals surface area contributed by atoms with E-state index in [1.807, 2.05) is 24.5 Å². The first kappa shape index (κ1) is 23.2. The summed E-state index contributed by atoms with van der Waals surface area (Å²) in [5.74, 6) is 1.36. The van der Waals surface area contributed by atoms with Crippen LogP contribution in [-0.4, -0.2) is 37.8 Å². The molecule has 0 aliphatic carbocycles. The molecular formula is C23H28ClNO3S. The fourth-order valence-corrected chi connectivity index (χ4v) is 3.29. The molecule has 0 bridgehead atoms. The van der Waals surface area contributed by atoms with Crippen LogP contribution in [0.3, 0.4) is 0 Å². The molecule has 156 valence electrons. The topological polar surface area (TPSA) is 38.8 Å². The second kappa shape index (κ2) is 11.2. The highest BCUT2D eigenvalue weighted by Gasteiger charge is 2.12. The van der Waals surface area contributed by atoms with Gasteiger partial charge in [-0.1, -0.05) is 37.6 Å². The molecule has 2 rings (SSSR count). The first-order chi connectivity index (χ1) is 13.8. The Hall–Kier alpha value is -2.11. The maximum absolute atomic E-state index is 12.5. The van der Waals surface area contributed by atoms with Gasteiger partial charge in [0.1, 0.15) is 0 Å². The third kappa shape index (κ3) is 7.02. The van der Waals surface area contributed by atoms with Gasteiger partial charge in [-0.3, -0.25) is 4.79 Å². The quantitative estimate of drug-likeness (QED) is 0.371. The summed E-state index contributed by atoms with van der Waals surface area (Å²) in [6.07, 6.45) is 5.31. The van der Waals surface area contributed by atoms with Crippen molar-refractivity contribution in [1.82, 2.24) is 4.90 Å². The molecule has 2 aromatic rings. The lowest BCUT2D eigenvalue weighted by molar-refractivity contribution is -0.125. The number of hydrogen-bond donors (Lipinski definition) is 0. The van der Waals surface area contributed by atoms with E-state index in [2.05, 4.69) is 26.0 Å². The van der Waals surface area contributed by atoms with Gasteiger partial charge in [0.2, 0.25) is 5.91 Å². The van der Waals surface area contributed by atoms with Gasteiger partial charge in [-0.25, -0.2) is 0 Å². The van der Waals surface area contributed by atoms with Crippen LogP contribution in [0.15, 0.2) is 47.4 Å². The van der Waals surface area contributed by atoms with Gasteiger partial charge >= 0.3 is 0 Å². The number of nitrogens with zero attached hydrogens (tertiary/aromatic N) is 1.